The fraction of sp³-hybridized carbons (Fsp3) is 0.632. The lowest BCUT2D eigenvalue weighted by atomic mass is 10.2. The molecular weight excluding hydrogens is 438 g/mol. The topological polar surface area (TPSA) is 88.7 Å². The summed E-state index contributed by atoms with van der Waals surface area (Å²) in [4.78, 5) is 6.23. The van der Waals surface area contributed by atoms with E-state index in [0.29, 0.717) is 50.7 Å². The van der Waals surface area contributed by atoms with E-state index in [9.17, 15) is 8.42 Å². The van der Waals surface area contributed by atoms with Gasteiger partial charge in [-0.25, -0.2) is 4.68 Å². The third kappa shape index (κ3) is 4.73. The number of nitrogens with zero attached hydrogens (tertiary/aromatic N) is 7. The van der Waals surface area contributed by atoms with Crippen LogP contribution < -0.4 is 0 Å². The highest BCUT2D eigenvalue weighted by atomic mass is 32.2. The predicted octanol–water partition coefficient (Wildman–Crippen LogP) is 0.942. The summed E-state index contributed by atoms with van der Waals surface area (Å²) in [7, 11) is -1.59. The molecule has 2 atom stereocenters. The van der Waals surface area contributed by atoms with Gasteiger partial charge in [0.2, 0.25) is 0 Å². The average molecular weight is 468 g/mol. The zero-order valence-corrected chi connectivity index (χ0v) is 19.7. The minimum Gasteiger partial charge on any atom is -0.373 e. The second-order valence-electron chi connectivity index (χ2n) is 8.14. The molecule has 0 amide bonds. The largest absolute Gasteiger partial charge is 0.373 e. The number of morpholine rings is 1. The predicted molar refractivity (Wildman–Crippen MR) is 119 cm³/mol. The fourth-order valence-corrected chi connectivity index (χ4v) is 6.04. The van der Waals surface area contributed by atoms with E-state index in [4.69, 9.17) is 17.0 Å². The molecular formula is C19H29N7O3S2. The van der Waals surface area contributed by atoms with Gasteiger partial charge in [0.15, 0.2) is 10.6 Å². The Morgan fingerprint density at radius 2 is 1.68 bits per heavy atom. The minimum absolute atomic E-state index is 0.0968. The summed E-state index contributed by atoms with van der Waals surface area (Å²) in [5.41, 5.74) is 0.951. The van der Waals surface area contributed by atoms with Crippen LogP contribution in [0.3, 0.4) is 0 Å². The van der Waals surface area contributed by atoms with Crippen molar-refractivity contribution in [1.82, 2.24) is 32.8 Å². The van der Waals surface area contributed by atoms with Crippen LogP contribution >= 0.6 is 12.2 Å². The summed E-state index contributed by atoms with van der Waals surface area (Å²) in [6.07, 6.45) is 3.26. The van der Waals surface area contributed by atoms with Crippen LogP contribution in [0.5, 0.6) is 0 Å². The molecule has 0 N–H and O–H groups in total. The Balaban J connectivity index is 1.40. The van der Waals surface area contributed by atoms with E-state index < -0.39 is 10.2 Å². The van der Waals surface area contributed by atoms with Crippen molar-refractivity contribution in [3.8, 4) is 11.4 Å². The maximum Gasteiger partial charge on any atom is 0.282 e. The Bertz CT molecular complexity index is 1050. The summed E-state index contributed by atoms with van der Waals surface area (Å²) in [6.45, 7) is 7.27. The first kappa shape index (κ1) is 22.5. The lowest BCUT2D eigenvalue weighted by Gasteiger charge is -2.40. The molecule has 0 aliphatic carbocycles. The third-order valence-corrected chi connectivity index (χ3v) is 8.14. The van der Waals surface area contributed by atoms with Crippen molar-refractivity contribution in [2.24, 2.45) is 7.05 Å². The number of aromatic nitrogens is 4. The second kappa shape index (κ2) is 9.04. The van der Waals surface area contributed by atoms with Crippen LogP contribution in [-0.4, -0.2) is 92.7 Å². The summed E-state index contributed by atoms with van der Waals surface area (Å²) in [6, 6.07) is 3.80. The highest BCUT2D eigenvalue weighted by molar-refractivity contribution is 7.86. The van der Waals surface area contributed by atoms with Gasteiger partial charge in [-0.3, -0.25) is 9.88 Å². The summed E-state index contributed by atoms with van der Waals surface area (Å²) >= 11 is 5.57. The molecule has 2 aromatic heterocycles. The van der Waals surface area contributed by atoms with Gasteiger partial charge in [0, 0.05) is 64.3 Å². The average Bonchev–Trinajstić information content (AvgIpc) is 3.02. The smallest absolute Gasteiger partial charge is 0.282 e. The van der Waals surface area contributed by atoms with E-state index in [2.05, 4.69) is 15.0 Å². The van der Waals surface area contributed by atoms with Gasteiger partial charge < -0.3 is 9.30 Å². The van der Waals surface area contributed by atoms with Crippen LogP contribution in [0.4, 0.5) is 0 Å². The van der Waals surface area contributed by atoms with E-state index >= 15 is 0 Å². The molecule has 2 aromatic rings. The van der Waals surface area contributed by atoms with Crippen LogP contribution in [-0.2, 0) is 28.7 Å². The van der Waals surface area contributed by atoms with Crippen LogP contribution in [0, 0.1) is 4.77 Å². The lowest BCUT2D eigenvalue weighted by molar-refractivity contribution is -0.0458. The molecule has 4 rings (SSSR count). The molecule has 0 bridgehead atoms. The SMILES string of the molecule is CC1CN(S(=O)(=O)N2CCN(Cn3nc(-c4ccncc4)n(C)c3=S)CC2)CC(C)O1. The van der Waals surface area contributed by atoms with Crippen LogP contribution in [0.2, 0.25) is 0 Å². The van der Waals surface area contributed by atoms with E-state index in [1.165, 1.54) is 0 Å². The maximum absolute atomic E-state index is 13.1. The normalized spacial score (nSPS) is 24.5. The van der Waals surface area contributed by atoms with Crippen molar-refractivity contribution in [2.45, 2.75) is 32.7 Å². The number of ether oxygens (including phenoxy) is 1. The molecule has 2 fully saturated rings. The first-order chi connectivity index (χ1) is 14.8. The van der Waals surface area contributed by atoms with Crippen LogP contribution in [0.1, 0.15) is 13.8 Å². The van der Waals surface area contributed by atoms with Crippen molar-refractivity contribution >= 4 is 22.4 Å². The molecule has 0 aromatic carbocycles. The molecule has 4 heterocycles. The highest BCUT2D eigenvalue weighted by Crippen LogP contribution is 2.20. The Morgan fingerprint density at radius 1 is 1.06 bits per heavy atom. The number of piperazine rings is 1. The summed E-state index contributed by atoms with van der Waals surface area (Å²) in [5, 5.41) is 4.68. The second-order valence-corrected chi connectivity index (χ2v) is 10.4. The van der Waals surface area contributed by atoms with Crippen LogP contribution in [0.15, 0.2) is 24.5 Å². The summed E-state index contributed by atoms with van der Waals surface area (Å²) in [5.74, 6) is 0.782. The molecule has 2 saturated heterocycles. The van der Waals surface area contributed by atoms with Crippen molar-refractivity contribution in [2.75, 3.05) is 39.3 Å². The van der Waals surface area contributed by atoms with E-state index in [-0.39, 0.29) is 12.2 Å². The zero-order valence-electron chi connectivity index (χ0n) is 18.1. The van der Waals surface area contributed by atoms with Gasteiger partial charge in [-0.2, -0.15) is 22.1 Å². The van der Waals surface area contributed by atoms with Crippen molar-refractivity contribution in [3.05, 3.63) is 29.3 Å². The van der Waals surface area contributed by atoms with Gasteiger partial charge in [0.1, 0.15) is 0 Å². The molecule has 10 nitrogen and oxygen atoms in total. The number of hydrogen-bond donors (Lipinski definition) is 0. The minimum atomic E-state index is -3.49. The Hall–Kier alpha value is -1.70. The Kier molecular flexibility index (Phi) is 6.56. The number of rotatable bonds is 5. The van der Waals surface area contributed by atoms with Gasteiger partial charge in [0.05, 0.1) is 18.9 Å². The van der Waals surface area contributed by atoms with E-state index in [1.54, 1.807) is 25.7 Å². The third-order valence-electron chi connectivity index (χ3n) is 5.68. The quantitative estimate of drug-likeness (QED) is 0.605. The molecule has 12 heteroatoms. The maximum atomic E-state index is 13.1. The Morgan fingerprint density at radius 3 is 2.29 bits per heavy atom. The van der Waals surface area contributed by atoms with Gasteiger partial charge in [-0.15, -0.1) is 0 Å². The van der Waals surface area contributed by atoms with Crippen molar-refractivity contribution in [3.63, 3.8) is 0 Å². The number of hydrogen-bond acceptors (Lipinski definition) is 7. The van der Waals surface area contributed by atoms with E-state index in [0.717, 1.165) is 11.4 Å². The molecule has 2 aliphatic rings. The zero-order chi connectivity index (χ0) is 22.2. The monoisotopic (exact) mass is 467 g/mol. The van der Waals surface area contributed by atoms with Crippen molar-refractivity contribution < 1.29 is 13.2 Å². The Labute approximate surface area is 188 Å². The lowest BCUT2D eigenvalue weighted by Crippen LogP contribution is -2.57. The standard InChI is InChI=1S/C19H29N7O3S2/c1-15-12-25(13-16(2)29-15)31(27,28)24-10-8-23(9-11-24)14-26-19(30)22(3)18(21-26)17-4-6-20-7-5-17/h4-7,15-16H,8-14H2,1-3H3. The molecule has 170 valence electrons. The molecule has 0 radical (unpaired) electrons. The molecule has 0 saturated carbocycles. The van der Waals surface area contributed by atoms with E-state index in [1.807, 2.05) is 37.6 Å². The molecule has 0 spiro atoms. The van der Waals surface area contributed by atoms with Crippen molar-refractivity contribution in [1.29, 1.82) is 0 Å². The van der Waals surface area contributed by atoms with Gasteiger partial charge in [-0.1, -0.05) is 0 Å². The molecule has 2 unspecified atom stereocenters. The first-order valence-electron chi connectivity index (χ1n) is 10.4. The van der Waals surface area contributed by atoms with Crippen LogP contribution in [0.25, 0.3) is 11.4 Å². The fourth-order valence-electron chi connectivity index (χ4n) is 4.11. The summed E-state index contributed by atoms with van der Waals surface area (Å²) < 4.78 is 39.3. The molecule has 2 aliphatic heterocycles. The molecule has 31 heavy (non-hydrogen) atoms. The first-order valence-corrected chi connectivity index (χ1v) is 12.2. The van der Waals surface area contributed by atoms with Gasteiger partial charge in [0.25, 0.3) is 10.2 Å². The van der Waals surface area contributed by atoms with Gasteiger partial charge in [-0.05, 0) is 38.2 Å². The number of pyridine rings is 1. The highest BCUT2D eigenvalue weighted by Gasteiger charge is 2.36. The van der Waals surface area contributed by atoms with Gasteiger partial charge >= 0.3 is 0 Å².